The summed E-state index contributed by atoms with van der Waals surface area (Å²) in [7, 11) is 3.22. The van der Waals surface area contributed by atoms with E-state index >= 15 is 0 Å². The topological polar surface area (TPSA) is 38.7 Å². The van der Waals surface area contributed by atoms with Crippen LogP contribution < -0.4 is 4.74 Å². The minimum Gasteiger partial charge on any atom is -0.496 e. The van der Waals surface area contributed by atoms with Gasteiger partial charge in [0.05, 0.1) is 19.8 Å². The molecule has 1 atom stereocenters. The zero-order valence-electron chi connectivity index (χ0n) is 8.97. The Kier molecular flexibility index (Phi) is 5.53. The van der Waals surface area contributed by atoms with Crippen molar-refractivity contribution in [2.24, 2.45) is 0 Å². The lowest BCUT2D eigenvalue weighted by Crippen LogP contribution is -2.16. The number of para-hydroxylation sites is 1. The van der Waals surface area contributed by atoms with Crippen LogP contribution in [-0.4, -0.2) is 37.8 Å². The molecule has 4 heteroatoms. The minimum atomic E-state index is -0.440. The van der Waals surface area contributed by atoms with Gasteiger partial charge in [0.1, 0.15) is 5.75 Å². The Hall–Kier alpha value is -0.710. The second-order valence-electron chi connectivity index (χ2n) is 3.07. The van der Waals surface area contributed by atoms with Crippen molar-refractivity contribution in [3.05, 3.63) is 24.3 Å². The molecule has 0 radical (unpaired) electrons. The summed E-state index contributed by atoms with van der Waals surface area (Å²) in [5.74, 6) is 1.45. The van der Waals surface area contributed by atoms with Crippen LogP contribution in [0.15, 0.2) is 29.2 Å². The van der Waals surface area contributed by atoms with Gasteiger partial charge in [-0.2, -0.15) is 0 Å². The Bertz CT molecular complexity index is 291. The number of aliphatic hydroxyl groups excluding tert-OH is 1. The Labute approximate surface area is 94.4 Å². The molecule has 0 aliphatic carbocycles. The van der Waals surface area contributed by atoms with E-state index in [4.69, 9.17) is 9.47 Å². The number of hydrogen-bond acceptors (Lipinski definition) is 4. The molecule has 1 rings (SSSR count). The summed E-state index contributed by atoms with van der Waals surface area (Å²) in [4.78, 5) is 1.04. The van der Waals surface area contributed by atoms with Gasteiger partial charge in [-0.1, -0.05) is 12.1 Å². The quantitative estimate of drug-likeness (QED) is 0.753. The Morgan fingerprint density at radius 3 is 2.73 bits per heavy atom. The van der Waals surface area contributed by atoms with E-state index in [1.165, 1.54) is 0 Å². The molecule has 1 aromatic rings. The van der Waals surface area contributed by atoms with E-state index in [1.54, 1.807) is 26.0 Å². The molecular weight excluding hydrogens is 212 g/mol. The van der Waals surface area contributed by atoms with Gasteiger partial charge >= 0.3 is 0 Å². The maximum Gasteiger partial charge on any atom is 0.132 e. The first-order chi connectivity index (χ1) is 7.27. The number of methoxy groups -OCH3 is 2. The monoisotopic (exact) mass is 228 g/mol. The van der Waals surface area contributed by atoms with Crippen LogP contribution in [0.25, 0.3) is 0 Å². The molecule has 0 saturated heterocycles. The van der Waals surface area contributed by atoms with Gasteiger partial charge in [0.25, 0.3) is 0 Å². The van der Waals surface area contributed by atoms with Crippen LogP contribution in [0.2, 0.25) is 0 Å². The van der Waals surface area contributed by atoms with Crippen LogP contribution in [0.1, 0.15) is 0 Å². The lowest BCUT2D eigenvalue weighted by molar-refractivity contribution is 0.0794. The smallest absolute Gasteiger partial charge is 0.132 e. The number of hydrogen-bond donors (Lipinski definition) is 1. The maximum atomic E-state index is 9.49. The second kappa shape index (κ2) is 6.71. The van der Waals surface area contributed by atoms with E-state index in [1.807, 2.05) is 24.3 Å². The first-order valence-corrected chi connectivity index (χ1v) is 5.69. The molecular formula is C11H16O3S. The molecule has 1 N–H and O–H groups in total. The first-order valence-electron chi connectivity index (χ1n) is 4.70. The fourth-order valence-electron chi connectivity index (χ4n) is 1.16. The summed E-state index contributed by atoms with van der Waals surface area (Å²) in [5, 5.41) is 9.49. The van der Waals surface area contributed by atoms with E-state index in [-0.39, 0.29) is 0 Å². The van der Waals surface area contributed by atoms with E-state index in [0.717, 1.165) is 10.6 Å². The third-order valence-corrected chi connectivity index (χ3v) is 3.06. The Morgan fingerprint density at radius 1 is 1.33 bits per heavy atom. The van der Waals surface area contributed by atoms with Gasteiger partial charge in [-0.05, 0) is 12.1 Å². The van der Waals surface area contributed by atoms with Crippen LogP contribution in [-0.2, 0) is 4.74 Å². The fraction of sp³-hybridized carbons (Fsp3) is 0.455. The highest BCUT2D eigenvalue weighted by Crippen LogP contribution is 2.28. The average Bonchev–Trinajstić information content (AvgIpc) is 2.27. The number of thioether (sulfide) groups is 1. The molecule has 0 amide bonds. The molecule has 0 heterocycles. The summed E-state index contributed by atoms with van der Waals surface area (Å²) in [6.45, 7) is 0.363. The SMILES string of the molecule is COCC(O)CSc1ccccc1OC. The molecule has 0 aliphatic rings. The van der Waals surface area contributed by atoms with Gasteiger partial charge in [0, 0.05) is 17.8 Å². The first kappa shape index (κ1) is 12.4. The molecule has 3 nitrogen and oxygen atoms in total. The van der Waals surface area contributed by atoms with E-state index in [0.29, 0.717) is 12.4 Å². The minimum absolute atomic E-state index is 0.363. The van der Waals surface area contributed by atoms with Crippen molar-refractivity contribution in [1.82, 2.24) is 0 Å². The highest BCUT2D eigenvalue weighted by molar-refractivity contribution is 7.99. The summed E-state index contributed by atoms with van der Waals surface area (Å²) >= 11 is 1.56. The van der Waals surface area contributed by atoms with Gasteiger partial charge in [-0.25, -0.2) is 0 Å². The lowest BCUT2D eigenvalue weighted by Gasteiger charge is -2.10. The van der Waals surface area contributed by atoms with Gasteiger partial charge in [0.15, 0.2) is 0 Å². The number of benzene rings is 1. The molecule has 0 saturated carbocycles. The Balaban J connectivity index is 2.49. The van der Waals surface area contributed by atoms with E-state index in [9.17, 15) is 5.11 Å². The standard InChI is InChI=1S/C11H16O3S/c1-13-7-9(12)8-15-11-6-4-3-5-10(11)14-2/h3-6,9,12H,7-8H2,1-2H3. The predicted molar refractivity (Wildman–Crippen MR) is 61.6 cm³/mol. The van der Waals surface area contributed by atoms with Gasteiger partial charge in [-0.15, -0.1) is 11.8 Å². The summed E-state index contributed by atoms with van der Waals surface area (Å²) in [6.07, 6.45) is -0.440. The fourth-order valence-corrected chi connectivity index (χ4v) is 2.10. The van der Waals surface area contributed by atoms with Crippen LogP contribution in [0, 0.1) is 0 Å². The van der Waals surface area contributed by atoms with Crippen molar-refractivity contribution in [3.63, 3.8) is 0 Å². The van der Waals surface area contributed by atoms with Gasteiger partial charge in [0.2, 0.25) is 0 Å². The predicted octanol–water partition coefficient (Wildman–Crippen LogP) is 1.79. The summed E-state index contributed by atoms with van der Waals surface area (Å²) in [5.41, 5.74) is 0. The van der Waals surface area contributed by atoms with Crippen molar-refractivity contribution in [2.45, 2.75) is 11.0 Å². The highest BCUT2D eigenvalue weighted by Gasteiger charge is 2.07. The van der Waals surface area contributed by atoms with Crippen LogP contribution >= 0.6 is 11.8 Å². The van der Waals surface area contributed by atoms with Crippen LogP contribution in [0.5, 0.6) is 5.75 Å². The molecule has 1 aromatic carbocycles. The second-order valence-corrected chi connectivity index (χ2v) is 4.13. The van der Waals surface area contributed by atoms with Crippen molar-refractivity contribution >= 4 is 11.8 Å². The van der Waals surface area contributed by atoms with Crippen molar-refractivity contribution < 1.29 is 14.6 Å². The van der Waals surface area contributed by atoms with E-state index in [2.05, 4.69) is 0 Å². The largest absolute Gasteiger partial charge is 0.496 e. The Morgan fingerprint density at radius 2 is 2.07 bits per heavy atom. The zero-order valence-corrected chi connectivity index (χ0v) is 9.79. The molecule has 0 fully saturated rings. The molecule has 0 bridgehead atoms. The number of aliphatic hydroxyl groups is 1. The highest BCUT2D eigenvalue weighted by atomic mass is 32.2. The summed E-state index contributed by atoms with van der Waals surface area (Å²) < 4.78 is 10.1. The zero-order chi connectivity index (χ0) is 11.1. The summed E-state index contributed by atoms with van der Waals surface area (Å²) in [6, 6.07) is 7.76. The molecule has 15 heavy (non-hydrogen) atoms. The van der Waals surface area contributed by atoms with Gasteiger partial charge in [-0.3, -0.25) is 0 Å². The third-order valence-electron chi connectivity index (χ3n) is 1.86. The van der Waals surface area contributed by atoms with Gasteiger partial charge < -0.3 is 14.6 Å². The van der Waals surface area contributed by atoms with E-state index < -0.39 is 6.10 Å². The molecule has 84 valence electrons. The number of ether oxygens (including phenoxy) is 2. The van der Waals surface area contributed by atoms with Crippen molar-refractivity contribution in [3.8, 4) is 5.75 Å². The number of rotatable bonds is 6. The molecule has 1 unspecified atom stereocenters. The van der Waals surface area contributed by atoms with Crippen LogP contribution in [0.4, 0.5) is 0 Å². The van der Waals surface area contributed by atoms with Crippen LogP contribution in [0.3, 0.4) is 0 Å². The average molecular weight is 228 g/mol. The van der Waals surface area contributed by atoms with Crippen molar-refractivity contribution in [1.29, 1.82) is 0 Å². The third kappa shape index (κ3) is 4.11. The maximum absolute atomic E-state index is 9.49. The molecule has 0 aromatic heterocycles. The normalized spacial score (nSPS) is 12.5. The van der Waals surface area contributed by atoms with Crippen molar-refractivity contribution in [2.75, 3.05) is 26.6 Å². The molecule has 0 aliphatic heterocycles. The lowest BCUT2D eigenvalue weighted by atomic mass is 10.3. The molecule has 0 spiro atoms.